The Balaban J connectivity index is 2.15. The molecule has 2 rings (SSSR count). The predicted octanol–water partition coefficient (Wildman–Crippen LogP) is 3.69. The van der Waals surface area contributed by atoms with Gasteiger partial charge in [0.05, 0.1) is 24.1 Å². The zero-order valence-electron chi connectivity index (χ0n) is 10.1. The normalized spacial score (nSPS) is 9.95. The Hall–Kier alpha value is -2.02. The lowest BCUT2D eigenvalue weighted by atomic mass is 10.1. The molecular weight excluding hydrogens is 262 g/mol. The quantitative estimate of drug-likeness (QED) is 0.924. The van der Waals surface area contributed by atoms with Crippen molar-refractivity contribution < 1.29 is 9.84 Å². The summed E-state index contributed by atoms with van der Waals surface area (Å²) in [7, 11) is 0. The van der Waals surface area contributed by atoms with Gasteiger partial charge in [-0.1, -0.05) is 29.8 Å². The number of aliphatic hydroxyl groups excluding tert-OH is 1. The van der Waals surface area contributed by atoms with Gasteiger partial charge in [0.25, 0.3) is 0 Å². The second kappa shape index (κ2) is 6.24. The smallest absolute Gasteiger partial charge is 0.146 e. The van der Waals surface area contributed by atoms with Crippen LogP contribution in [-0.4, -0.2) is 5.11 Å². The van der Waals surface area contributed by atoms with Crippen LogP contribution < -0.4 is 4.74 Å². The van der Waals surface area contributed by atoms with E-state index in [1.807, 2.05) is 12.1 Å². The number of hydrogen-bond acceptors (Lipinski definition) is 3. The number of halogens is 1. The molecule has 0 spiro atoms. The Kier molecular flexibility index (Phi) is 4.40. The molecule has 0 aliphatic heterocycles. The van der Waals surface area contributed by atoms with Crippen molar-refractivity contribution in [3.63, 3.8) is 0 Å². The summed E-state index contributed by atoms with van der Waals surface area (Å²) in [5.74, 6) is 1.19. The Bertz CT molecular complexity index is 603. The highest BCUT2D eigenvalue weighted by atomic mass is 35.5. The van der Waals surface area contributed by atoms with E-state index in [1.54, 1.807) is 30.3 Å². The monoisotopic (exact) mass is 273 g/mol. The molecule has 2 aromatic carbocycles. The average molecular weight is 274 g/mol. The summed E-state index contributed by atoms with van der Waals surface area (Å²) in [6.07, 6.45) is 0.381. The third-order valence-corrected chi connectivity index (χ3v) is 2.91. The van der Waals surface area contributed by atoms with E-state index in [1.165, 1.54) is 0 Å². The van der Waals surface area contributed by atoms with Gasteiger partial charge in [0.2, 0.25) is 0 Å². The largest absolute Gasteiger partial charge is 0.456 e. The molecule has 0 unspecified atom stereocenters. The summed E-state index contributed by atoms with van der Waals surface area (Å²) >= 11 is 6.06. The van der Waals surface area contributed by atoms with Crippen LogP contribution in [0.15, 0.2) is 42.5 Å². The van der Waals surface area contributed by atoms with Gasteiger partial charge in [0.15, 0.2) is 0 Å². The van der Waals surface area contributed by atoms with E-state index < -0.39 is 0 Å². The SMILES string of the molecule is N#CCc1ccc(Oc2ccc(CO)cc2Cl)cc1. The van der Waals surface area contributed by atoms with Gasteiger partial charge in [-0.2, -0.15) is 5.26 Å². The molecule has 0 atom stereocenters. The standard InChI is InChI=1S/C15H12ClNO2/c16-14-9-12(10-18)3-6-15(14)19-13-4-1-11(2-5-13)7-8-17/h1-6,9,18H,7,10H2. The van der Waals surface area contributed by atoms with Crippen LogP contribution in [0.1, 0.15) is 11.1 Å². The number of nitrogens with zero attached hydrogens (tertiary/aromatic N) is 1. The van der Waals surface area contributed by atoms with Crippen LogP contribution in [-0.2, 0) is 13.0 Å². The van der Waals surface area contributed by atoms with E-state index in [2.05, 4.69) is 6.07 Å². The zero-order valence-corrected chi connectivity index (χ0v) is 10.9. The molecule has 2 aromatic rings. The Morgan fingerprint density at radius 1 is 1.11 bits per heavy atom. The maximum absolute atomic E-state index is 9.00. The van der Waals surface area contributed by atoms with Gasteiger partial charge in [-0.05, 0) is 35.4 Å². The average Bonchev–Trinajstić information content (AvgIpc) is 2.43. The lowest BCUT2D eigenvalue weighted by Gasteiger charge is -2.08. The number of rotatable bonds is 4. The van der Waals surface area contributed by atoms with E-state index in [-0.39, 0.29) is 6.61 Å². The second-order valence-corrected chi connectivity index (χ2v) is 4.41. The summed E-state index contributed by atoms with van der Waals surface area (Å²) in [5, 5.41) is 18.0. The molecule has 0 heterocycles. The minimum absolute atomic E-state index is 0.0527. The molecule has 4 heteroatoms. The van der Waals surface area contributed by atoms with E-state index in [4.69, 9.17) is 26.7 Å². The third kappa shape index (κ3) is 3.47. The van der Waals surface area contributed by atoms with Crippen LogP contribution in [0.4, 0.5) is 0 Å². The van der Waals surface area contributed by atoms with Gasteiger partial charge < -0.3 is 9.84 Å². The van der Waals surface area contributed by atoms with Crippen LogP contribution in [0.2, 0.25) is 5.02 Å². The van der Waals surface area contributed by atoms with Crippen molar-refractivity contribution in [2.75, 3.05) is 0 Å². The summed E-state index contributed by atoms with van der Waals surface area (Å²) in [4.78, 5) is 0. The number of hydrogen-bond donors (Lipinski definition) is 1. The van der Waals surface area contributed by atoms with Crippen LogP contribution >= 0.6 is 11.6 Å². The summed E-state index contributed by atoms with van der Waals surface area (Å²) < 4.78 is 5.65. The minimum Gasteiger partial charge on any atom is -0.456 e. The molecule has 0 radical (unpaired) electrons. The van der Waals surface area contributed by atoms with E-state index in [0.29, 0.717) is 22.9 Å². The van der Waals surface area contributed by atoms with Crippen molar-refractivity contribution in [2.24, 2.45) is 0 Å². The molecule has 0 bridgehead atoms. The van der Waals surface area contributed by atoms with Gasteiger partial charge in [0, 0.05) is 0 Å². The summed E-state index contributed by atoms with van der Waals surface area (Å²) in [5.41, 5.74) is 1.68. The molecule has 19 heavy (non-hydrogen) atoms. The Morgan fingerprint density at radius 3 is 2.37 bits per heavy atom. The number of nitriles is 1. The minimum atomic E-state index is -0.0527. The van der Waals surface area contributed by atoms with E-state index in [9.17, 15) is 0 Å². The molecule has 0 amide bonds. The first kappa shape index (κ1) is 13.4. The van der Waals surface area contributed by atoms with Crippen molar-refractivity contribution in [3.8, 4) is 17.6 Å². The summed E-state index contributed by atoms with van der Waals surface area (Å²) in [6, 6.07) is 14.5. The fourth-order valence-corrected chi connectivity index (χ4v) is 1.86. The zero-order chi connectivity index (χ0) is 13.7. The van der Waals surface area contributed by atoms with Gasteiger partial charge >= 0.3 is 0 Å². The highest BCUT2D eigenvalue weighted by Crippen LogP contribution is 2.30. The van der Waals surface area contributed by atoms with Gasteiger partial charge in [-0.25, -0.2) is 0 Å². The molecule has 0 saturated carbocycles. The van der Waals surface area contributed by atoms with Crippen LogP contribution in [0.3, 0.4) is 0 Å². The lowest BCUT2D eigenvalue weighted by Crippen LogP contribution is -1.89. The van der Waals surface area contributed by atoms with Crippen molar-refractivity contribution in [1.82, 2.24) is 0 Å². The van der Waals surface area contributed by atoms with Gasteiger partial charge in [0.1, 0.15) is 11.5 Å². The molecule has 0 aliphatic rings. The van der Waals surface area contributed by atoms with E-state index >= 15 is 0 Å². The molecule has 96 valence electrons. The fourth-order valence-electron chi connectivity index (χ4n) is 1.62. The van der Waals surface area contributed by atoms with Gasteiger partial charge in [-0.3, -0.25) is 0 Å². The van der Waals surface area contributed by atoms with Crippen LogP contribution in [0.5, 0.6) is 11.5 Å². The predicted molar refractivity (Wildman–Crippen MR) is 73.2 cm³/mol. The molecule has 0 saturated heterocycles. The fraction of sp³-hybridized carbons (Fsp3) is 0.133. The third-order valence-electron chi connectivity index (χ3n) is 2.61. The maximum Gasteiger partial charge on any atom is 0.146 e. The molecule has 1 N–H and O–H groups in total. The molecule has 3 nitrogen and oxygen atoms in total. The first-order valence-corrected chi connectivity index (χ1v) is 6.14. The lowest BCUT2D eigenvalue weighted by molar-refractivity contribution is 0.281. The first-order valence-electron chi connectivity index (χ1n) is 5.76. The Morgan fingerprint density at radius 2 is 1.79 bits per heavy atom. The Labute approximate surface area is 116 Å². The second-order valence-electron chi connectivity index (χ2n) is 4.00. The van der Waals surface area contributed by atoms with Crippen molar-refractivity contribution >= 4 is 11.6 Å². The maximum atomic E-state index is 9.00. The number of aliphatic hydroxyl groups is 1. The van der Waals surface area contributed by atoms with Gasteiger partial charge in [-0.15, -0.1) is 0 Å². The number of benzene rings is 2. The van der Waals surface area contributed by atoms with Crippen molar-refractivity contribution in [3.05, 3.63) is 58.6 Å². The first-order chi connectivity index (χ1) is 9.22. The highest BCUT2D eigenvalue weighted by molar-refractivity contribution is 6.32. The van der Waals surface area contributed by atoms with Crippen LogP contribution in [0.25, 0.3) is 0 Å². The molecular formula is C15H12ClNO2. The highest BCUT2D eigenvalue weighted by Gasteiger charge is 2.04. The van der Waals surface area contributed by atoms with Crippen molar-refractivity contribution in [1.29, 1.82) is 5.26 Å². The summed E-state index contributed by atoms with van der Waals surface area (Å²) in [6.45, 7) is -0.0527. The van der Waals surface area contributed by atoms with Crippen molar-refractivity contribution in [2.45, 2.75) is 13.0 Å². The topological polar surface area (TPSA) is 53.2 Å². The number of ether oxygens (including phenoxy) is 1. The molecule has 0 aromatic heterocycles. The van der Waals surface area contributed by atoms with E-state index in [0.717, 1.165) is 11.1 Å². The van der Waals surface area contributed by atoms with Crippen LogP contribution in [0, 0.1) is 11.3 Å². The molecule has 0 aliphatic carbocycles. The molecule has 0 fully saturated rings.